The maximum absolute atomic E-state index is 13.3. The van der Waals surface area contributed by atoms with Crippen molar-refractivity contribution in [2.24, 2.45) is 0 Å². The smallest absolute Gasteiger partial charge is 0.242 e. The van der Waals surface area contributed by atoms with Crippen LogP contribution >= 0.6 is 0 Å². The molecule has 1 aliphatic rings. The van der Waals surface area contributed by atoms with Crippen molar-refractivity contribution in [2.75, 3.05) is 26.2 Å². The molecule has 0 unspecified atom stereocenters. The number of imidazole rings is 1. The third-order valence-corrected chi connectivity index (χ3v) is 6.37. The fourth-order valence-electron chi connectivity index (χ4n) is 4.56. The predicted octanol–water partition coefficient (Wildman–Crippen LogP) is 4.52. The zero-order valence-electron chi connectivity index (χ0n) is 19.5. The average Bonchev–Trinajstić information content (AvgIpc) is 3.24. The van der Waals surface area contributed by atoms with Gasteiger partial charge in [0.1, 0.15) is 12.3 Å². The standard InChI is InChI=1S/C28H30N4O2/c1-22(34-24-12-6-3-7-13-24)28-29-25-14-8-9-15-26(25)32(28)21-27(33)31-18-16-30(17-19-31)20-23-10-4-2-5-11-23/h2-15,22H,16-21H2,1H3/t22-/m1/s1. The van der Waals surface area contributed by atoms with E-state index in [-0.39, 0.29) is 18.6 Å². The quantitative estimate of drug-likeness (QED) is 0.412. The van der Waals surface area contributed by atoms with Crippen LogP contribution < -0.4 is 4.74 Å². The molecule has 1 atom stereocenters. The fraction of sp³-hybridized carbons (Fsp3) is 0.286. The molecule has 3 aromatic carbocycles. The minimum atomic E-state index is -0.287. The Morgan fingerprint density at radius 2 is 1.53 bits per heavy atom. The van der Waals surface area contributed by atoms with E-state index in [1.807, 2.05) is 77.1 Å². The number of fused-ring (bicyclic) bond motifs is 1. The average molecular weight is 455 g/mol. The van der Waals surface area contributed by atoms with Crippen LogP contribution in [0.5, 0.6) is 5.75 Å². The van der Waals surface area contributed by atoms with Crippen LogP contribution in [0.15, 0.2) is 84.9 Å². The minimum absolute atomic E-state index is 0.121. The molecule has 0 saturated carbocycles. The van der Waals surface area contributed by atoms with E-state index in [4.69, 9.17) is 9.72 Å². The number of amides is 1. The van der Waals surface area contributed by atoms with Crippen molar-refractivity contribution < 1.29 is 9.53 Å². The summed E-state index contributed by atoms with van der Waals surface area (Å²) in [6, 6.07) is 28.2. The molecular weight excluding hydrogens is 424 g/mol. The Kier molecular flexibility index (Phi) is 6.58. The summed E-state index contributed by atoms with van der Waals surface area (Å²) in [6.07, 6.45) is -0.287. The highest BCUT2D eigenvalue weighted by atomic mass is 16.5. The number of rotatable bonds is 7. The van der Waals surface area contributed by atoms with Crippen molar-refractivity contribution in [1.29, 1.82) is 0 Å². The number of carbonyl (C=O) groups excluding carboxylic acids is 1. The Morgan fingerprint density at radius 1 is 0.882 bits per heavy atom. The van der Waals surface area contributed by atoms with Gasteiger partial charge in [-0.05, 0) is 36.8 Å². The fourth-order valence-corrected chi connectivity index (χ4v) is 4.56. The molecule has 6 nitrogen and oxygen atoms in total. The SMILES string of the molecule is C[C@@H](Oc1ccccc1)c1nc2ccccc2n1CC(=O)N1CCN(Cc2ccccc2)CC1. The summed E-state index contributed by atoms with van der Waals surface area (Å²) in [5.74, 6) is 1.67. The third kappa shape index (κ3) is 4.97. The van der Waals surface area contributed by atoms with Crippen molar-refractivity contribution in [1.82, 2.24) is 19.4 Å². The van der Waals surface area contributed by atoms with Gasteiger partial charge in [0.15, 0.2) is 11.9 Å². The number of benzene rings is 3. The van der Waals surface area contributed by atoms with Crippen LogP contribution in [-0.2, 0) is 17.9 Å². The first-order valence-corrected chi connectivity index (χ1v) is 11.9. The lowest BCUT2D eigenvalue weighted by atomic mass is 10.2. The number of hydrogen-bond donors (Lipinski definition) is 0. The molecule has 1 saturated heterocycles. The zero-order valence-corrected chi connectivity index (χ0v) is 19.5. The molecule has 174 valence electrons. The van der Waals surface area contributed by atoms with Gasteiger partial charge in [-0.3, -0.25) is 9.69 Å². The maximum Gasteiger partial charge on any atom is 0.242 e. The highest BCUT2D eigenvalue weighted by Gasteiger charge is 2.25. The van der Waals surface area contributed by atoms with E-state index >= 15 is 0 Å². The molecule has 0 spiro atoms. The summed E-state index contributed by atoms with van der Waals surface area (Å²) >= 11 is 0. The molecule has 4 aromatic rings. The monoisotopic (exact) mass is 454 g/mol. The van der Waals surface area contributed by atoms with E-state index in [1.54, 1.807) is 0 Å². The molecule has 34 heavy (non-hydrogen) atoms. The lowest BCUT2D eigenvalue weighted by molar-refractivity contribution is -0.133. The number of para-hydroxylation sites is 3. The molecule has 0 aliphatic carbocycles. The summed E-state index contributed by atoms with van der Waals surface area (Å²) in [6.45, 7) is 6.41. The van der Waals surface area contributed by atoms with Gasteiger partial charge < -0.3 is 14.2 Å². The normalized spacial score (nSPS) is 15.4. The number of ether oxygens (including phenoxy) is 1. The molecule has 6 heteroatoms. The molecule has 0 bridgehead atoms. The zero-order chi connectivity index (χ0) is 23.3. The topological polar surface area (TPSA) is 50.6 Å². The van der Waals surface area contributed by atoms with Crippen LogP contribution in [0.2, 0.25) is 0 Å². The van der Waals surface area contributed by atoms with Crippen molar-refractivity contribution in [2.45, 2.75) is 26.1 Å². The van der Waals surface area contributed by atoms with Crippen LogP contribution in [0.4, 0.5) is 0 Å². The van der Waals surface area contributed by atoms with Gasteiger partial charge >= 0.3 is 0 Å². The van der Waals surface area contributed by atoms with E-state index in [0.717, 1.165) is 55.3 Å². The van der Waals surface area contributed by atoms with Crippen LogP contribution in [-0.4, -0.2) is 51.4 Å². The number of nitrogens with zero attached hydrogens (tertiary/aromatic N) is 4. The van der Waals surface area contributed by atoms with E-state index in [2.05, 4.69) is 29.2 Å². The Balaban J connectivity index is 1.28. The molecule has 2 heterocycles. The largest absolute Gasteiger partial charge is 0.483 e. The Hall–Kier alpha value is -3.64. The summed E-state index contributed by atoms with van der Waals surface area (Å²) in [4.78, 5) is 22.5. The van der Waals surface area contributed by atoms with Crippen molar-refractivity contribution >= 4 is 16.9 Å². The molecular formula is C28H30N4O2. The molecule has 0 N–H and O–H groups in total. The lowest BCUT2D eigenvalue weighted by Gasteiger charge is -2.35. The van der Waals surface area contributed by atoms with Crippen LogP contribution in [0.3, 0.4) is 0 Å². The van der Waals surface area contributed by atoms with Gasteiger partial charge in [0.25, 0.3) is 0 Å². The summed E-state index contributed by atoms with van der Waals surface area (Å²) in [5, 5.41) is 0. The van der Waals surface area contributed by atoms with Crippen LogP contribution in [0.25, 0.3) is 11.0 Å². The van der Waals surface area contributed by atoms with E-state index < -0.39 is 0 Å². The summed E-state index contributed by atoms with van der Waals surface area (Å²) < 4.78 is 8.17. The second kappa shape index (κ2) is 10.1. The van der Waals surface area contributed by atoms with E-state index in [9.17, 15) is 4.79 Å². The predicted molar refractivity (Wildman–Crippen MR) is 134 cm³/mol. The van der Waals surface area contributed by atoms with Gasteiger partial charge in [0.2, 0.25) is 5.91 Å². The first-order chi connectivity index (χ1) is 16.7. The van der Waals surface area contributed by atoms with E-state index in [1.165, 1.54) is 5.56 Å². The van der Waals surface area contributed by atoms with Gasteiger partial charge in [-0.2, -0.15) is 0 Å². The Bertz CT molecular complexity index is 1230. The third-order valence-electron chi connectivity index (χ3n) is 6.37. The van der Waals surface area contributed by atoms with Gasteiger partial charge in [-0.15, -0.1) is 0 Å². The Labute approximate surface area is 200 Å². The lowest BCUT2D eigenvalue weighted by Crippen LogP contribution is -2.49. The second-order valence-corrected chi connectivity index (χ2v) is 8.76. The molecule has 5 rings (SSSR count). The second-order valence-electron chi connectivity index (χ2n) is 8.76. The number of aromatic nitrogens is 2. The first-order valence-electron chi connectivity index (χ1n) is 11.9. The summed E-state index contributed by atoms with van der Waals surface area (Å²) in [5.41, 5.74) is 3.14. The van der Waals surface area contributed by atoms with Gasteiger partial charge in [0.05, 0.1) is 11.0 Å². The van der Waals surface area contributed by atoms with Gasteiger partial charge in [-0.25, -0.2) is 4.98 Å². The number of hydrogen-bond acceptors (Lipinski definition) is 4. The number of carbonyl (C=O) groups is 1. The van der Waals surface area contributed by atoms with Crippen molar-refractivity contribution in [3.63, 3.8) is 0 Å². The van der Waals surface area contributed by atoms with Crippen molar-refractivity contribution in [3.8, 4) is 5.75 Å². The molecule has 1 amide bonds. The number of piperazine rings is 1. The van der Waals surface area contributed by atoms with Crippen LogP contribution in [0.1, 0.15) is 24.4 Å². The Morgan fingerprint density at radius 3 is 2.26 bits per heavy atom. The molecule has 1 aliphatic heterocycles. The highest BCUT2D eigenvalue weighted by molar-refractivity contribution is 5.81. The molecule has 0 radical (unpaired) electrons. The minimum Gasteiger partial charge on any atom is -0.483 e. The molecule has 1 fully saturated rings. The van der Waals surface area contributed by atoms with Crippen LogP contribution in [0, 0.1) is 0 Å². The van der Waals surface area contributed by atoms with Crippen molar-refractivity contribution in [3.05, 3.63) is 96.3 Å². The molecule has 1 aromatic heterocycles. The van der Waals surface area contributed by atoms with Gasteiger partial charge in [0, 0.05) is 32.7 Å². The van der Waals surface area contributed by atoms with E-state index in [0.29, 0.717) is 0 Å². The van der Waals surface area contributed by atoms with Gasteiger partial charge in [-0.1, -0.05) is 60.7 Å². The maximum atomic E-state index is 13.3. The highest BCUT2D eigenvalue weighted by Crippen LogP contribution is 2.25. The summed E-state index contributed by atoms with van der Waals surface area (Å²) in [7, 11) is 0. The first kappa shape index (κ1) is 22.2.